The molecule has 2 aromatic rings. The maximum absolute atomic E-state index is 14.1. The highest BCUT2D eigenvalue weighted by molar-refractivity contribution is 7.89. The van der Waals surface area contributed by atoms with E-state index >= 15 is 0 Å². The van der Waals surface area contributed by atoms with Gasteiger partial charge in [-0.05, 0) is 25.1 Å². The summed E-state index contributed by atoms with van der Waals surface area (Å²) < 4.78 is 51.2. The number of nitrogens with zero attached hydrogens (tertiary/aromatic N) is 2. The summed E-state index contributed by atoms with van der Waals surface area (Å²) in [6.45, 7) is 1.96. The first-order chi connectivity index (χ1) is 14.8. The van der Waals surface area contributed by atoms with Crippen molar-refractivity contribution in [2.75, 3.05) is 36.6 Å². The molecule has 1 saturated heterocycles. The molecule has 2 heterocycles. The van der Waals surface area contributed by atoms with Gasteiger partial charge in [0.25, 0.3) is 0 Å². The number of benzene rings is 1. The van der Waals surface area contributed by atoms with Gasteiger partial charge in [-0.25, -0.2) is 17.6 Å². The minimum atomic E-state index is -3.43. The summed E-state index contributed by atoms with van der Waals surface area (Å²) in [6.07, 6.45) is 2.99. The average molecular weight is 453 g/mol. The summed E-state index contributed by atoms with van der Waals surface area (Å²) in [7, 11) is -1.92. The largest absolute Gasteiger partial charge is 0.489 e. The molecule has 0 aliphatic carbocycles. The lowest BCUT2D eigenvalue weighted by atomic mass is 10.2. The zero-order valence-corrected chi connectivity index (χ0v) is 18.1. The third-order valence-corrected chi connectivity index (χ3v) is 6.65. The van der Waals surface area contributed by atoms with E-state index in [1.54, 1.807) is 25.3 Å². The van der Waals surface area contributed by atoms with Gasteiger partial charge in [-0.2, -0.15) is 4.31 Å². The Kier molecular flexibility index (Phi) is 7.42. The number of pyridine rings is 1. The van der Waals surface area contributed by atoms with Crippen molar-refractivity contribution >= 4 is 27.4 Å². The summed E-state index contributed by atoms with van der Waals surface area (Å²) in [5.74, 6) is -0.438. The number of ether oxygens (including phenoxy) is 2. The van der Waals surface area contributed by atoms with Crippen LogP contribution in [0.1, 0.15) is 13.3 Å². The van der Waals surface area contributed by atoms with E-state index in [9.17, 15) is 17.6 Å². The average Bonchev–Trinajstić information content (AvgIpc) is 3.11. The number of carbonyl (C=O) groups excluding carboxylic acids is 1. The SMILES string of the molecule is CCS(=O)(=O)N1C[C@@H](Oc2cc(F)cc(NC(=O)Nc3cccnc3)c2)C[C@@H]1COC. The number of hydrogen-bond donors (Lipinski definition) is 2. The van der Waals surface area contributed by atoms with Crippen LogP contribution in [-0.2, 0) is 14.8 Å². The van der Waals surface area contributed by atoms with Crippen molar-refractivity contribution in [1.82, 2.24) is 9.29 Å². The summed E-state index contributed by atoms with van der Waals surface area (Å²) in [4.78, 5) is 16.1. The molecule has 2 atom stereocenters. The number of sulfonamides is 1. The van der Waals surface area contributed by atoms with Crippen LogP contribution in [0.4, 0.5) is 20.6 Å². The molecular weight excluding hydrogens is 427 g/mol. The molecule has 1 aromatic carbocycles. The molecule has 0 spiro atoms. The lowest BCUT2D eigenvalue weighted by molar-refractivity contribution is 0.147. The van der Waals surface area contributed by atoms with Crippen LogP contribution in [0.15, 0.2) is 42.7 Å². The van der Waals surface area contributed by atoms with Crippen molar-refractivity contribution in [3.63, 3.8) is 0 Å². The number of aromatic nitrogens is 1. The van der Waals surface area contributed by atoms with Crippen LogP contribution in [0.25, 0.3) is 0 Å². The van der Waals surface area contributed by atoms with Crippen molar-refractivity contribution < 1.29 is 27.1 Å². The van der Waals surface area contributed by atoms with E-state index in [-0.39, 0.29) is 36.4 Å². The second-order valence-electron chi connectivity index (χ2n) is 7.05. The summed E-state index contributed by atoms with van der Waals surface area (Å²) in [6, 6.07) is 6.25. The third kappa shape index (κ3) is 6.12. The molecule has 1 aromatic heterocycles. The van der Waals surface area contributed by atoms with Gasteiger partial charge in [-0.15, -0.1) is 0 Å². The smallest absolute Gasteiger partial charge is 0.323 e. The molecule has 1 aliphatic heterocycles. The van der Waals surface area contributed by atoms with Crippen molar-refractivity contribution in [1.29, 1.82) is 0 Å². The highest BCUT2D eigenvalue weighted by Gasteiger charge is 2.39. The lowest BCUT2D eigenvalue weighted by Gasteiger charge is -2.22. The Balaban J connectivity index is 1.68. The molecule has 1 aliphatic rings. The van der Waals surface area contributed by atoms with Gasteiger partial charge in [0.1, 0.15) is 17.7 Å². The Morgan fingerprint density at radius 2 is 2.06 bits per heavy atom. The standard InChI is InChI=1S/C20H25FN4O5S/c1-3-31(27,28)25-12-19(10-17(25)13-29-2)30-18-8-14(21)7-16(9-18)24-20(26)23-15-5-4-6-22-11-15/h4-9,11,17,19H,3,10,12-13H2,1-2H3,(H2,23,24,26)/t17-,19+/m1/s1. The highest BCUT2D eigenvalue weighted by Crippen LogP contribution is 2.28. The van der Waals surface area contributed by atoms with Gasteiger partial charge in [0, 0.05) is 37.5 Å². The molecule has 168 valence electrons. The predicted octanol–water partition coefficient (Wildman–Crippen LogP) is 2.68. The van der Waals surface area contributed by atoms with E-state index in [0.29, 0.717) is 12.1 Å². The number of hydrogen-bond acceptors (Lipinski definition) is 6. The van der Waals surface area contributed by atoms with E-state index in [1.807, 2.05) is 0 Å². The van der Waals surface area contributed by atoms with Crippen LogP contribution >= 0.6 is 0 Å². The first-order valence-corrected chi connectivity index (χ1v) is 11.4. The predicted molar refractivity (Wildman–Crippen MR) is 114 cm³/mol. The van der Waals surface area contributed by atoms with Crippen LogP contribution in [0, 0.1) is 5.82 Å². The van der Waals surface area contributed by atoms with Crippen LogP contribution < -0.4 is 15.4 Å². The number of anilines is 2. The number of nitrogens with one attached hydrogen (secondary N) is 2. The normalized spacial score (nSPS) is 19.2. The van der Waals surface area contributed by atoms with Crippen LogP contribution in [-0.4, -0.2) is 61.9 Å². The molecular formula is C20H25FN4O5S. The number of rotatable bonds is 8. The minimum Gasteiger partial charge on any atom is -0.489 e. The van der Waals surface area contributed by atoms with E-state index in [0.717, 1.165) is 6.07 Å². The number of urea groups is 1. The van der Waals surface area contributed by atoms with E-state index < -0.39 is 28.0 Å². The van der Waals surface area contributed by atoms with Gasteiger partial charge in [0.2, 0.25) is 10.0 Å². The third-order valence-electron chi connectivity index (χ3n) is 4.76. The topological polar surface area (TPSA) is 110 Å². The maximum Gasteiger partial charge on any atom is 0.323 e. The monoisotopic (exact) mass is 452 g/mol. The Hall–Kier alpha value is -2.76. The van der Waals surface area contributed by atoms with E-state index in [4.69, 9.17) is 9.47 Å². The van der Waals surface area contributed by atoms with Crippen molar-refractivity contribution in [2.24, 2.45) is 0 Å². The number of halogens is 1. The maximum atomic E-state index is 14.1. The Morgan fingerprint density at radius 3 is 2.74 bits per heavy atom. The Bertz CT molecular complexity index is 1010. The molecule has 0 radical (unpaired) electrons. The molecule has 11 heteroatoms. The van der Waals surface area contributed by atoms with Gasteiger partial charge in [0.15, 0.2) is 0 Å². The Morgan fingerprint density at radius 1 is 1.29 bits per heavy atom. The number of methoxy groups -OCH3 is 1. The molecule has 1 fully saturated rings. The fraction of sp³-hybridized carbons (Fsp3) is 0.400. The first kappa shape index (κ1) is 22.9. The van der Waals surface area contributed by atoms with E-state index in [2.05, 4.69) is 15.6 Å². The zero-order valence-electron chi connectivity index (χ0n) is 17.2. The summed E-state index contributed by atoms with van der Waals surface area (Å²) >= 11 is 0. The van der Waals surface area contributed by atoms with Gasteiger partial charge >= 0.3 is 6.03 Å². The van der Waals surface area contributed by atoms with Crippen molar-refractivity contribution in [2.45, 2.75) is 25.5 Å². The van der Waals surface area contributed by atoms with Gasteiger partial charge < -0.3 is 20.1 Å². The van der Waals surface area contributed by atoms with Crippen molar-refractivity contribution in [3.8, 4) is 5.75 Å². The minimum absolute atomic E-state index is 0.0278. The van der Waals surface area contributed by atoms with Crippen molar-refractivity contribution in [3.05, 3.63) is 48.5 Å². The number of amides is 2. The van der Waals surface area contributed by atoms with Crippen LogP contribution in [0.3, 0.4) is 0 Å². The second-order valence-corrected chi connectivity index (χ2v) is 9.26. The van der Waals surface area contributed by atoms with Crippen LogP contribution in [0.5, 0.6) is 5.75 Å². The second kappa shape index (κ2) is 10.0. The van der Waals surface area contributed by atoms with Crippen LogP contribution in [0.2, 0.25) is 0 Å². The van der Waals surface area contributed by atoms with Gasteiger partial charge in [0.05, 0.1) is 36.8 Å². The molecule has 31 heavy (non-hydrogen) atoms. The molecule has 2 amide bonds. The highest BCUT2D eigenvalue weighted by atomic mass is 32.2. The van der Waals surface area contributed by atoms with Gasteiger partial charge in [-0.3, -0.25) is 4.98 Å². The quantitative estimate of drug-likeness (QED) is 0.637. The molecule has 3 rings (SSSR count). The lowest BCUT2D eigenvalue weighted by Crippen LogP contribution is -2.39. The molecule has 0 saturated carbocycles. The van der Waals surface area contributed by atoms with E-state index in [1.165, 1.54) is 29.7 Å². The molecule has 0 bridgehead atoms. The number of carbonyl (C=O) groups is 1. The van der Waals surface area contributed by atoms with Gasteiger partial charge in [-0.1, -0.05) is 0 Å². The molecule has 2 N–H and O–H groups in total. The first-order valence-electron chi connectivity index (χ1n) is 9.74. The fourth-order valence-corrected chi connectivity index (χ4v) is 4.73. The molecule has 0 unspecified atom stereocenters. The summed E-state index contributed by atoms with van der Waals surface area (Å²) in [5, 5.41) is 5.13. The Labute approximate surface area is 180 Å². The molecule has 9 nitrogen and oxygen atoms in total. The zero-order chi connectivity index (χ0) is 22.4. The summed E-state index contributed by atoms with van der Waals surface area (Å²) in [5.41, 5.74) is 0.682. The fourth-order valence-electron chi connectivity index (χ4n) is 3.41.